The lowest BCUT2D eigenvalue weighted by atomic mass is 10.1. The highest BCUT2D eigenvalue weighted by atomic mass is 16.4. The van der Waals surface area contributed by atoms with Gasteiger partial charge in [0.05, 0.1) is 5.92 Å². The summed E-state index contributed by atoms with van der Waals surface area (Å²) in [5.74, 6) is -1.08. The fourth-order valence-electron chi connectivity index (χ4n) is 2.28. The Morgan fingerprint density at radius 3 is 2.38 bits per heavy atom. The first kappa shape index (κ1) is 17.3. The SMILES string of the molecule is CC(C)CNC(=O)C(C)NC(=O)N[C@H]1CC[C@@H](C(=O)O)C1. The maximum Gasteiger partial charge on any atom is 0.315 e. The summed E-state index contributed by atoms with van der Waals surface area (Å²) in [5, 5.41) is 16.9. The number of carboxylic acids is 1. The van der Waals surface area contributed by atoms with Crippen molar-refractivity contribution in [3.8, 4) is 0 Å². The van der Waals surface area contributed by atoms with Crippen molar-refractivity contribution in [1.82, 2.24) is 16.0 Å². The van der Waals surface area contributed by atoms with Gasteiger partial charge in [-0.05, 0) is 32.1 Å². The molecule has 0 bridgehead atoms. The zero-order chi connectivity index (χ0) is 16.0. The van der Waals surface area contributed by atoms with Crippen LogP contribution in [-0.4, -0.2) is 41.6 Å². The quantitative estimate of drug-likeness (QED) is 0.579. The van der Waals surface area contributed by atoms with Gasteiger partial charge < -0.3 is 21.1 Å². The van der Waals surface area contributed by atoms with Gasteiger partial charge in [0.2, 0.25) is 5.91 Å². The van der Waals surface area contributed by atoms with Gasteiger partial charge in [-0.3, -0.25) is 9.59 Å². The first-order valence-electron chi connectivity index (χ1n) is 7.37. The molecule has 7 heteroatoms. The number of nitrogens with one attached hydrogen (secondary N) is 3. The molecule has 1 saturated carbocycles. The highest BCUT2D eigenvalue weighted by Crippen LogP contribution is 2.25. The molecular weight excluding hydrogens is 274 g/mol. The second-order valence-electron chi connectivity index (χ2n) is 6.02. The standard InChI is InChI=1S/C14H25N3O4/c1-8(2)7-15-12(18)9(3)16-14(21)17-11-5-4-10(6-11)13(19)20/h8-11H,4-7H2,1-3H3,(H,15,18)(H,19,20)(H2,16,17,21)/t9?,10-,11+/m1/s1. The van der Waals surface area contributed by atoms with Crippen LogP contribution in [0.3, 0.4) is 0 Å². The summed E-state index contributed by atoms with van der Waals surface area (Å²) in [7, 11) is 0. The van der Waals surface area contributed by atoms with Crippen LogP contribution in [0, 0.1) is 11.8 Å². The summed E-state index contributed by atoms with van der Waals surface area (Å²) in [5.41, 5.74) is 0. The molecule has 21 heavy (non-hydrogen) atoms. The molecule has 0 heterocycles. The minimum Gasteiger partial charge on any atom is -0.481 e. The molecule has 0 aromatic rings. The predicted molar refractivity (Wildman–Crippen MR) is 77.7 cm³/mol. The van der Waals surface area contributed by atoms with Gasteiger partial charge in [0, 0.05) is 12.6 Å². The second-order valence-corrected chi connectivity index (χ2v) is 6.02. The number of carbonyl (C=O) groups is 3. The third-order valence-electron chi connectivity index (χ3n) is 3.54. The molecule has 3 amide bonds. The molecule has 0 saturated heterocycles. The van der Waals surface area contributed by atoms with Crippen LogP contribution in [0.1, 0.15) is 40.0 Å². The zero-order valence-corrected chi connectivity index (χ0v) is 12.8. The first-order valence-corrected chi connectivity index (χ1v) is 7.37. The maximum atomic E-state index is 11.8. The van der Waals surface area contributed by atoms with Crippen LogP contribution in [0.15, 0.2) is 0 Å². The number of amides is 3. The van der Waals surface area contributed by atoms with E-state index in [1.807, 2.05) is 13.8 Å². The average Bonchev–Trinajstić information content (AvgIpc) is 2.84. The number of carboxylic acid groups (broad SMARTS) is 1. The fourth-order valence-corrected chi connectivity index (χ4v) is 2.28. The van der Waals surface area contributed by atoms with Crippen molar-refractivity contribution in [2.24, 2.45) is 11.8 Å². The van der Waals surface area contributed by atoms with E-state index in [1.165, 1.54) is 0 Å². The third kappa shape index (κ3) is 6.01. The van der Waals surface area contributed by atoms with Crippen molar-refractivity contribution in [2.75, 3.05) is 6.54 Å². The molecule has 7 nitrogen and oxygen atoms in total. The molecule has 1 unspecified atom stereocenters. The lowest BCUT2D eigenvalue weighted by Crippen LogP contribution is -2.50. The Kier molecular flexibility index (Phi) is 6.45. The Hall–Kier alpha value is -1.79. The predicted octanol–water partition coefficient (Wildman–Crippen LogP) is 0.700. The molecule has 0 aromatic heterocycles. The van der Waals surface area contributed by atoms with Gasteiger partial charge in [0.15, 0.2) is 0 Å². The lowest BCUT2D eigenvalue weighted by molar-refractivity contribution is -0.141. The van der Waals surface area contributed by atoms with E-state index in [9.17, 15) is 14.4 Å². The fraction of sp³-hybridized carbons (Fsp3) is 0.786. The smallest absolute Gasteiger partial charge is 0.315 e. The molecule has 0 aromatic carbocycles. The van der Waals surface area contributed by atoms with Crippen LogP contribution in [0.25, 0.3) is 0 Å². The van der Waals surface area contributed by atoms with Gasteiger partial charge in [0.25, 0.3) is 0 Å². The molecule has 3 atom stereocenters. The Morgan fingerprint density at radius 2 is 1.86 bits per heavy atom. The number of aliphatic carboxylic acids is 1. The van der Waals surface area contributed by atoms with E-state index in [4.69, 9.17) is 5.11 Å². The van der Waals surface area contributed by atoms with E-state index in [0.717, 1.165) is 0 Å². The van der Waals surface area contributed by atoms with Crippen LogP contribution in [0.2, 0.25) is 0 Å². The molecule has 1 aliphatic rings. The molecular formula is C14H25N3O4. The highest BCUT2D eigenvalue weighted by Gasteiger charge is 2.30. The average molecular weight is 299 g/mol. The number of hydrogen-bond donors (Lipinski definition) is 4. The van der Waals surface area contributed by atoms with Crippen LogP contribution in [0.4, 0.5) is 4.79 Å². The number of carbonyl (C=O) groups excluding carboxylic acids is 2. The van der Waals surface area contributed by atoms with Gasteiger partial charge >= 0.3 is 12.0 Å². The monoisotopic (exact) mass is 299 g/mol. The third-order valence-corrected chi connectivity index (χ3v) is 3.54. The summed E-state index contributed by atoms with van der Waals surface area (Å²) >= 11 is 0. The maximum absolute atomic E-state index is 11.8. The summed E-state index contributed by atoms with van der Waals surface area (Å²) in [6, 6.07) is -1.20. The number of rotatable bonds is 6. The van der Waals surface area contributed by atoms with E-state index < -0.39 is 18.0 Å². The summed E-state index contributed by atoms with van der Waals surface area (Å²) in [6.45, 7) is 6.16. The van der Waals surface area contributed by atoms with Gasteiger partial charge in [0.1, 0.15) is 6.04 Å². The van der Waals surface area contributed by atoms with Crippen LogP contribution >= 0.6 is 0 Å². The van der Waals surface area contributed by atoms with Crippen molar-refractivity contribution in [2.45, 2.75) is 52.1 Å². The molecule has 1 fully saturated rings. The highest BCUT2D eigenvalue weighted by molar-refractivity contribution is 5.86. The molecule has 1 aliphatic carbocycles. The van der Waals surface area contributed by atoms with Crippen LogP contribution in [-0.2, 0) is 9.59 Å². The Morgan fingerprint density at radius 1 is 1.19 bits per heavy atom. The van der Waals surface area contributed by atoms with Crippen molar-refractivity contribution < 1.29 is 19.5 Å². The van der Waals surface area contributed by atoms with Crippen molar-refractivity contribution >= 4 is 17.9 Å². The Labute approximate surface area is 124 Å². The Bertz CT molecular complexity index is 398. The molecule has 0 aliphatic heterocycles. The lowest BCUT2D eigenvalue weighted by Gasteiger charge is -2.18. The number of hydrogen-bond acceptors (Lipinski definition) is 3. The summed E-state index contributed by atoms with van der Waals surface area (Å²) in [6.07, 6.45) is 1.67. The molecule has 0 radical (unpaired) electrons. The van der Waals surface area contributed by atoms with Crippen LogP contribution < -0.4 is 16.0 Å². The van der Waals surface area contributed by atoms with Gasteiger partial charge in [-0.1, -0.05) is 13.8 Å². The largest absolute Gasteiger partial charge is 0.481 e. The molecule has 0 spiro atoms. The van der Waals surface area contributed by atoms with Gasteiger partial charge in [-0.15, -0.1) is 0 Å². The van der Waals surface area contributed by atoms with Crippen LogP contribution in [0.5, 0.6) is 0 Å². The molecule has 120 valence electrons. The van der Waals surface area contributed by atoms with Gasteiger partial charge in [-0.2, -0.15) is 0 Å². The Balaban J connectivity index is 2.30. The normalized spacial score (nSPS) is 22.7. The topological polar surface area (TPSA) is 108 Å². The van der Waals surface area contributed by atoms with E-state index in [-0.39, 0.29) is 17.9 Å². The second kappa shape index (κ2) is 7.85. The first-order chi connectivity index (χ1) is 9.79. The van der Waals surface area contributed by atoms with E-state index >= 15 is 0 Å². The minimum absolute atomic E-state index is 0.142. The minimum atomic E-state index is -0.818. The van der Waals surface area contributed by atoms with Crippen molar-refractivity contribution in [3.05, 3.63) is 0 Å². The van der Waals surface area contributed by atoms with Gasteiger partial charge in [-0.25, -0.2) is 4.79 Å². The van der Waals surface area contributed by atoms with Crippen molar-refractivity contribution in [1.29, 1.82) is 0 Å². The summed E-state index contributed by atoms with van der Waals surface area (Å²) < 4.78 is 0. The van der Waals surface area contributed by atoms with E-state index in [0.29, 0.717) is 31.7 Å². The molecule has 1 rings (SSSR count). The van der Waals surface area contributed by atoms with E-state index in [2.05, 4.69) is 16.0 Å². The number of urea groups is 1. The van der Waals surface area contributed by atoms with E-state index in [1.54, 1.807) is 6.92 Å². The zero-order valence-electron chi connectivity index (χ0n) is 12.8. The molecule has 4 N–H and O–H groups in total. The van der Waals surface area contributed by atoms with Crippen molar-refractivity contribution in [3.63, 3.8) is 0 Å². The summed E-state index contributed by atoms with van der Waals surface area (Å²) in [4.78, 5) is 34.4.